The van der Waals surface area contributed by atoms with Crippen LogP contribution < -0.4 is 0 Å². The molecule has 15 heavy (non-hydrogen) atoms. The Morgan fingerprint density at radius 1 is 1.27 bits per heavy atom. The van der Waals surface area contributed by atoms with E-state index in [0.29, 0.717) is 0 Å². The van der Waals surface area contributed by atoms with Gasteiger partial charge in [0.1, 0.15) is 5.71 Å². The van der Waals surface area contributed by atoms with Crippen LogP contribution in [-0.4, -0.2) is 23.2 Å². The molecular formula is C10H9NO4. The van der Waals surface area contributed by atoms with Gasteiger partial charge in [-0.1, -0.05) is 5.16 Å². The Morgan fingerprint density at radius 2 is 1.93 bits per heavy atom. The Hall–Kier alpha value is -2.04. The van der Waals surface area contributed by atoms with Crippen molar-refractivity contribution in [1.82, 2.24) is 0 Å². The summed E-state index contributed by atoms with van der Waals surface area (Å²) < 4.78 is 0. The van der Waals surface area contributed by atoms with Gasteiger partial charge in [0, 0.05) is 6.92 Å². The largest absolute Gasteiger partial charge is 0.331 e. The number of carbonyl (C=O) groups is 3. The monoisotopic (exact) mass is 207 g/mol. The number of hydrogen-bond acceptors (Lipinski definition) is 5. The minimum absolute atomic E-state index is 0.0309. The summed E-state index contributed by atoms with van der Waals surface area (Å²) in [5.74, 6) is -1.28. The van der Waals surface area contributed by atoms with Crippen molar-refractivity contribution < 1.29 is 19.2 Å². The molecular weight excluding hydrogens is 198 g/mol. The fourth-order valence-corrected chi connectivity index (χ4v) is 0.967. The summed E-state index contributed by atoms with van der Waals surface area (Å²) in [6, 6.07) is 0. The molecule has 0 atom stereocenters. The van der Waals surface area contributed by atoms with Gasteiger partial charge in [0.05, 0.1) is 5.57 Å². The number of rotatable bonds is 2. The summed E-state index contributed by atoms with van der Waals surface area (Å²) in [5, 5.41) is 3.45. The maximum atomic E-state index is 11.2. The molecule has 0 amide bonds. The van der Waals surface area contributed by atoms with Crippen molar-refractivity contribution in [2.75, 3.05) is 0 Å². The average molecular weight is 207 g/mol. The second-order valence-corrected chi connectivity index (χ2v) is 2.91. The Labute approximate surface area is 86.1 Å². The van der Waals surface area contributed by atoms with Crippen molar-refractivity contribution in [3.8, 4) is 0 Å². The van der Waals surface area contributed by atoms with Crippen LogP contribution in [0.2, 0.25) is 0 Å². The van der Waals surface area contributed by atoms with Gasteiger partial charge in [0.25, 0.3) is 0 Å². The molecule has 0 fully saturated rings. The summed E-state index contributed by atoms with van der Waals surface area (Å²) in [7, 11) is 0. The highest BCUT2D eigenvalue weighted by atomic mass is 16.7. The maximum Gasteiger partial charge on any atom is 0.331 e. The predicted molar refractivity (Wildman–Crippen MR) is 52.1 cm³/mol. The van der Waals surface area contributed by atoms with Crippen LogP contribution in [0.25, 0.3) is 0 Å². The first-order valence-corrected chi connectivity index (χ1v) is 4.21. The van der Waals surface area contributed by atoms with E-state index >= 15 is 0 Å². The van der Waals surface area contributed by atoms with Crippen LogP contribution in [0, 0.1) is 0 Å². The van der Waals surface area contributed by atoms with E-state index in [-0.39, 0.29) is 22.9 Å². The molecule has 0 spiro atoms. The lowest BCUT2D eigenvalue weighted by Crippen LogP contribution is -2.14. The molecule has 0 aromatic heterocycles. The third kappa shape index (κ3) is 2.98. The fourth-order valence-electron chi connectivity index (χ4n) is 0.967. The predicted octanol–water partition coefficient (Wildman–Crippen LogP) is 0.560. The molecule has 0 bridgehead atoms. The van der Waals surface area contributed by atoms with E-state index in [1.807, 2.05) is 0 Å². The zero-order chi connectivity index (χ0) is 11.4. The van der Waals surface area contributed by atoms with Crippen molar-refractivity contribution in [2.24, 2.45) is 5.16 Å². The molecule has 0 aliphatic heterocycles. The van der Waals surface area contributed by atoms with Gasteiger partial charge < -0.3 is 4.84 Å². The maximum absolute atomic E-state index is 11.2. The summed E-state index contributed by atoms with van der Waals surface area (Å²) in [6.45, 7) is 2.49. The zero-order valence-corrected chi connectivity index (χ0v) is 8.31. The number of allylic oxidation sites excluding steroid dienone is 4. The third-order valence-electron chi connectivity index (χ3n) is 1.62. The molecule has 0 radical (unpaired) electrons. The van der Waals surface area contributed by atoms with Crippen molar-refractivity contribution in [1.29, 1.82) is 0 Å². The SMILES string of the molecule is CC(=O)O/N=C1/C=CC(=O)C(C(C)=O)=C1. The van der Waals surface area contributed by atoms with Crippen LogP contribution in [-0.2, 0) is 19.2 Å². The molecule has 5 heteroatoms. The highest BCUT2D eigenvalue weighted by molar-refractivity contribution is 6.30. The van der Waals surface area contributed by atoms with E-state index in [1.54, 1.807) is 0 Å². The molecule has 0 aromatic rings. The first-order valence-electron chi connectivity index (χ1n) is 4.21. The fraction of sp³-hybridized carbons (Fsp3) is 0.200. The number of hydrogen-bond donors (Lipinski definition) is 0. The molecule has 0 saturated heterocycles. The van der Waals surface area contributed by atoms with Gasteiger partial charge in [-0.15, -0.1) is 0 Å². The van der Waals surface area contributed by atoms with Gasteiger partial charge >= 0.3 is 5.97 Å². The van der Waals surface area contributed by atoms with Gasteiger partial charge in [-0.2, -0.15) is 0 Å². The first-order chi connectivity index (χ1) is 7.00. The van der Waals surface area contributed by atoms with E-state index in [4.69, 9.17) is 0 Å². The molecule has 0 heterocycles. The normalized spacial score (nSPS) is 17.6. The summed E-state index contributed by atoms with van der Waals surface area (Å²) in [5.41, 5.74) is 0.290. The van der Waals surface area contributed by atoms with Gasteiger partial charge in [-0.25, -0.2) is 4.79 Å². The molecule has 0 saturated carbocycles. The minimum atomic E-state index is -0.564. The molecule has 1 rings (SSSR count). The van der Waals surface area contributed by atoms with E-state index in [1.165, 1.54) is 32.1 Å². The van der Waals surface area contributed by atoms with E-state index in [0.717, 1.165) is 0 Å². The molecule has 1 aliphatic carbocycles. The number of oxime groups is 1. The lowest BCUT2D eigenvalue weighted by molar-refractivity contribution is -0.140. The Kier molecular flexibility index (Phi) is 3.28. The smallest absolute Gasteiger partial charge is 0.318 e. The summed E-state index contributed by atoms with van der Waals surface area (Å²) >= 11 is 0. The quantitative estimate of drug-likeness (QED) is 0.287. The van der Waals surface area contributed by atoms with Gasteiger partial charge in [0.15, 0.2) is 11.6 Å². The molecule has 0 N–H and O–H groups in total. The number of nitrogens with zero attached hydrogens (tertiary/aromatic N) is 1. The molecule has 78 valence electrons. The van der Waals surface area contributed by atoms with Crippen molar-refractivity contribution >= 4 is 23.2 Å². The van der Waals surface area contributed by atoms with E-state index < -0.39 is 5.97 Å². The third-order valence-corrected chi connectivity index (χ3v) is 1.62. The van der Waals surface area contributed by atoms with Gasteiger partial charge in [0.2, 0.25) is 0 Å². The second-order valence-electron chi connectivity index (χ2n) is 2.91. The second kappa shape index (κ2) is 4.45. The van der Waals surface area contributed by atoms with Crippen LogP contribution in [0.4, 0.5) is 0 Å². The number of ketones is 2. The summed E-state index contributed by atoms with van der Waals surface area (Å²) in [6.07, 6.45) is 3.87. The van der Waals surface area contributed by atoms with Gasteiger partial charge in [-0.3, -0.25) is 9.59 Å². The first kappa shape index (κ1) is 11.0. The highest BCUT2D eigenvalue weighted by Crippen LogP contribution is 2.07. The average Bonchev–Trinajstić information content (AvgIpc) is 2.16. The minimum Gasteiger partial charge on any atom is -0.318 e. The summed E-state index contributed by atoms with van der Waals surface area (Å²) in [4.78, 5) is 37.0. The zero-order valence-electron chi connectivity index (χ0n) is 8.31. The lowest BCUT2D eigenvalue weighted by Gasteiger charge is -2.04. The topological polar surface area (TPSA) is 72.8 Å². The van der Waals surface area contributed by atoms with Crippen LogP contribution in [0.15, 0.2) is 29.0 Å². The lowest BCUT2D eigenvalue weighted by atomic mass is 10.0. The van der Waals surface area contributed by atoms with Crippen LogP contribution in [0.1, 0.15) is 13.8 Å². The van der Waals surface area contributed by atoms with Crippen LogP contribution >= 0.6 is 0 Å². The van der Waals surface area contributed by atoms with E-state index in [9.17, 15) is 14.4 Å². The van der Waals surface area contributed by atoms with Crippen LogP contribution in [0.3, 0.4) is 0 Å². The molecule has 0 aromatic carbocycles. The van der Waals surface area contributed by atoms with Gasteiger partial charge in [-0.05, 0) is 25.2 Å². The molecule has 1 aliphatic rings. The van der Waals surface area contributed by atoms with E-state index in [2.05, 4.69) is 9.99 Å². The Bertz CT molecular complexity index is 415. The standard InChI is InChI=1S/C10H9NO4/c1-6(12)9-5-8(3-4-10(9)14)11-15-7(2)13/h3-5H,1-2H3/b11-8-. The Balaban J connectivity index is 2.91. The number of Topliss-reactive ketones (excluding diaryl/α,β-unsaturated/α-hetero) is 1. The Morgan fingerprint density at radius 3 is 2.47 bits per heavy atom. The van der Waals surface area contributed by atoms with Crippen LogP contribution in [0.5, 0.6) is 0 Å². The van der Waals surface area contributed by atoms with Crippen molar-refractivity contribution in [2.45, 2.75) is 13.8 Å². The van der Waals surface area contributed by atoms with Crippen molar-refractivity contribution in [3.63, 3.8) is 0 Å². The number of carbonyl (C=O) groups excluding carboxylic acids is 3. The molecule has 0 unspecified atom stereocenters. The van der Waals surface area contributed by atoms with Crippen molar-refractivity contribution in [3.05, 3.63) is 23.8 Å². The highest BCUT2D eigenvalue weighted by Gasteiger charge is 2.16. The molecule has 5 nitrogen and oxygen atoms in total.